The molecule has 1 fully saturated rings. The van der Waals surface area contributed by atoms with Crippen molar-refractivity contribution in [3.8, 4) is 0 Å². The number of aryl methyl sites for hydroxylation is 2. The van der Waals surface area contributed by atoms with Crippen molar-refractivity contribution in [1.82, 2.24) is 9.88 Å². The molecule has 0 atom stereocenters. The zero-order valence-corrected chi connectivity index (χ0v) is 14.4. The predicted molar refractivity (Wildman–Crippen MR) is 97.8 cm³/mol. The summed E-state index contributed by atoms with van der Waals surface area (Å²) in [6.45, 7) is 5.96. The van der Waals surface area contributed by atoms with Crippen molar-refractivity contribution in [2.45, 2.75) is 26.7 Å². The number of piperidine rings is 1. The fourth-order valence-electron chi connectivity index (χ4n) is 3.29. The van der Waals surface area contributed by atoms with Gasteiger partial charge in [0.25, 0.3) is 5.91 Å². The van der Waals surface area contributed by atoms with Crippen LogP contribution in [0, 0.1) is 19.8 Å². The van der Waals surface area contributed by atoms with Crippen molar-refractivity contribution in [3.05, 3.63) is 71.1 Å². The number of nitrogens with zero attached hydrogens (tertiary/aromatic N) is 2. The first-order valence-electron chi connectivity index (χ1n) is 8.59. The van der Waals surface area contributed by atoms with E-state index in [1.807, 2.05) is 4.90 Å². The first-order chi connectivity index (χ1) is 11.6. The van der Waals surface area contributed by atoms with E-state index in [4.69, 9.17) is 0 Å². The van der Waals surface area contributed by atoms with Crippen LogP contribution in [0.5, 0.6) is 0 Å². The van der Waals surface area contributed by atoms with Crippen molar-refractivity contribution in [2.24, 2.45) is 5.92 Å². The van der Waals surface area contributed by atoms with Gasteiger partial charge in [0.1, 0.15) is 0 Å². The second-order valence-corrected chi connectivity index (χ2v) is 6.53. The highest BCUT2D eigenvalue weighted by Gasteiger charge is 2.22. The maximum absolute atomic E-state index is 12.5. The number of pyridine rings is 1. The number of likely N-dealkylation sites (tertiary alicyclic amines) is 1. The van der Waals surface area contributed by atoms with Crippen LogP contribution in [-0.2, 0) is 0 Å². The number of hydrogen-bond donors (Lipinski definition) is 0. The van der Waals surface area contributed by atoms with Crippen LogP contribution in [0.1, 0.15) is 39.9 Å². The van der Waals surface area contributed by atoms with E-state index in [-0.39, 0.29) is 5.91 Å². The number of carbonyl (C=O) groups is 1. The number of amides is 1. The Balaban J connectivity index is 1.59. The SMILES string of the molecule is Cc1cccc(C)c1/C=C/C1CCN(C(=O)c2ccncc2)CC1. The normalized spacial score (nSPS) is 15.8. The van der Waals surface area contributed by atoms with Crippen molar-refractivity contribution in [2.75, 3.05) is 13.1 Å². The maximum atomic E-state index is 12.5. The van der Waals surface area contributed by atoms with E-state index < -0.39 is 0 Å². The Morgan fingerprint density at radius 1 is 1.08 bits per heavy atom. The molecule has 0 unspecified atom stereocenters. The molecule has 3 rings (SSSR count). The highest BCUT2D eigenvalue weighted by Crippen LogP contribution is 2.23. The molecule has 3 heteroatoms. The molecule has 1 aliphatic heterocycles. The molecule has 1 aliphatic rings. The smallest absolute Gasteiger partial charge is 0.253 e. The van der Waals surface area contributed by atoms with Crippen LogP contribution >= 0.6 is 0 Å². The lowest BCUT2D eigenvalue weighted by atomic mass is 9.94. The molecule has 1 amide bonds. The van der Waals surface area contributed by atoms with E-state index in [1.54, 1.807) is 24.5 Å². The molecule has 0 aliphatic carbocycles. The van der Waals surface area contributed by atoms with Gasteiger partial charge < -0.3 is 4.90 Å². The molecule has 0 radical (unpaired) electrons. The molecule has 1 aromatic heterocycles. The Morgan fingerprint density at radius 2 is 1.71 bits per heavy atom. The van der Waals surface area contributed by atoms with Crippen LogP contribution in [-0.4, -0.2) is 28.9 Å². The van der Waals surface area contributed by atoms with Crippen LogP contribution in [0.3, 0.4) is 0 Å². The van der Waals surface area contributed by atoms with Gasteiger partial charge in [-0.05, 0) is 61.4 Å². The Bertz CT molecular complexity index is 709. The van der Waals surface area contributed by atoms with Gasteiger partial charge in [0.05, 0.1) is 0 Å². The van der Waals surface area contributed by atoms with E-state index in [1.165, 1.54) is 16.7 Å². The fourth-order valence-corrected chi connectivity index (χ4v) is 3.29. The van der Waals surface area contributed by atoms with E-state index in [9.17, 15) is 4.79 Å². The molecule has 2 heterocycles. The first kappa shape index (κ1) is 16.4. The van der Waals surface area contributed by atoms with Crippen molar-refractivity contribution in [1.29, 1.82) is 0 Å². The third-order valence-electron chi connectivity index (χ3n) is 4.83. The van der Waals surface area contributed by atoms with Gasteiger partial charge in [-0.15, -0.1) is 0 Å². The summed E-state index contributed by atoms with van der Waals surface area (Å²) in [6, 6.07) is 9.99. The molecule has 24 heavy (non-hydrogen) atoms. The summed E-state index contributed by atoms with van der Waals surface area (Å²) in [7, 11) is 0. The summed E-state index contributed by atoms with van der Waals surface area (Å²) < 4.78 is 0. The number of allylic oxidation sites excluding steroid dienone is 1. The Kier molecular flexibility index (Phi) is 5.09. The van der Waals surface area contributed by atoms with Crippen LogP contribution < -0.4 is 0 Å². The van der Waals surface area contributed by atoms with Gasteiger partial charge in [0.15, 0.2) is 0 Å². The summed E-state index contributed by atoms with van der Waals surface area (Å²) in [4.78, 5) is 18.4. The highest BCUT2D eigenvalue weighted by atomic mass is 16.2. The van der Waals surface area contributed by atoms with Crippen LogP contribution in [0.2, 0.25) is 0 Å². The number of carbonyl (C=O) groups excluding carboxylic acids is 1. The second kappa shape index (κ2) is 7.43. The first-order valence-corrected chi connectivity index (χ1v) is 8.59. The Morgan fingerprint density at radius 3 is 2.33 bits per heavy atom. The van der Waals surface area contributed by atoms with E-state index in [2.05, 4.69) is 49.2 Å². The average molecular weight is 320 g/mol. The topological polar surface area (TPSA) is 33.2 Å². The molecular formula is C21H24N2O. The second-order valence-electron chi connectivity index (χ2n) is 6.53. The zero-order valence-electron chi connectivity index (χ0n) is 14.4. The summed E-state index contributed by atoms with van der Waals surface area (Å²) in [5.41, 5.74) is 4.69. The molecule has 0 N–H and O–H groups in total. The van der Waals surface area contributed by atoms with Gasteiger partial charge in [0, 0.05) is 31.0 Å². The van der Waals surface area contributed by atoms with Gasteiger partial charge in [0.2, 0.25) is 0 Å². The molecule has 2 aromatic rings. The van der Waals surface area contributed by atoms with Crippen molar-refractivity contribution >= 4 is 12.0 Å². The molecule has 0 saturated carbocycles. The Hall–Kier alpha value is -2.42. The standard InChI is InChI=1S/C21H24N2O/c1-16-4-3-5-17(2)20(16)7-6-18-10-14-23(15-11-18)21(24)19-8-12-22-13-9-19/h3-9,12-13,18H,10-11,14-15H2,1-2H3/b7-6+. The lowest BCUT2D eigenvalue weighted by Gasteiger charge is -2.30. The van der Waals surface area contributed by atoms with Crippen LogP contribution in [0.4, 0.5) is 0 Å². The molecule has 1 aromatic carbocycles. The third kappa shape index (κ3) is 3.73. The van der Waals surface area contributed by atoms with Gasteiger partial charge >= 0.3 is 0 Å². The largest absolute Gasteiger partial charge is 0.339 e. The lowest BCUT2D eigenvalue weighted by Crippen LogP contribution is -2.38. The minimum atomic E-state index is 0.120. The predicted octanol–water partition coefficient (Wildman–Crippen LogP) is 4.26. The summed E-state index contributed by atoms with van der Waals surface area (Å²) in [5.74, 6) is 0.667. The molecule has 0 spiro atoms. The summed E-state index contributed by atoms with van der Waals surface area (Å²) >= 11 is 0. The van der Waals surface area contributed by atoms with Crippen molar-refractivity contribution < 1.29 is 4.79 Å². The molecule has 0 bridgehead atoms. The average Bonchev–Trinajstić information content (AvgIpc) is 2.62. The lowest BCUT2D eigenvalue weighted by molar-refractivity contribution is 0.0705. The number of rotatable bonds is 3. The van der Waals surface area contributed by atoms with Crippen LogP contribution in [0.15, 0.2) is 48.8 Å². The van der Waals surface area contributed by atoms with Gasteiger partial charge in [-0.3, -0.25) is 9.78 Å². The molecule has 3 nitrogen and oxygen atoms in total. The number of benzene rings is 1. The molecule has 124 valence electrons. The van der Waals surface area contributed by atoms with Gasteiger partial charge in [-0.1, -0.05) is 30.4 Å². The zero-order chi connectivity index (χ0) is 16.9. The summed E-state index contributed by atoms with van der Waals surface area (Å²) in [6.07, 6.45) is 9.98. The Labute approximate surface area is 144 Å². The minimum Gasteiger partial charge on any atom is -0.339 e. The summed E-state index contributed by atoms with van der Waals surface area (Å²) in [5, 5.41) is 0. The van der Waals surface area contributed by atoms with E-state index in [0.717, 1.165) is 31.5 Å². The van der Waals surface area contributed by atoms with Crippen LogP contribution in [0.25, 0.3) is 6.08 Å². The molecular weight excluding hydrogens is 296 g/mol. The van der Waals surface area contributed by atoms with Gasteiger partial charge in [-0.2, -0.15) is 0 Å². The van der Waals surface area contributed by atoms with E-state index >= 15 is 0 Å². The van der Waals surface area contributed by atoms with E-state index in [0.29, 0.717) is 5.92 Å². The maximum Gasteiger partial charge on any atom is 0.253 e. The molecule has 1 saturated heterocycles. The minimum absolute atomic E-state index is 0.120. The number of hydrogen-bond acceptors (Lipinski definition) is 2. The quantitative estimate of drug-likeness (QED) is 0.846. The third-order valence-corrected chi connectivity index (χ3v) is 4.83. The number of aromatic nitrogens is 1. The highest BCUT2D eigenvalue weighted by molar-refractivity contribution is 5.94. The van der Waals surface area contributed by atoms with Crippen molar-refractivity contribution in [3.63, 3.8) is 0 Å². The fraction of sp³-hybridized carbons (Fsp3) is 0.333. The monoisotopic (exact) mass is 320 g/mol. The van der Waals surface area contributed by atoms with Gasteiger partial charge in [-0.25, -0.2) is 0 Å².